The molecule has 0 aliphatic carbocycles. The van der Waals surface area contributed by atoms with Crippen molar-refractivity contribution in [3.63, 3.8) is 0 Å². The van der Waals surface area contributed by atoms with Crippen molar-refractivity contribution in [1.29, 1.82) is 5.26 Å². The van der Waals surface area contributed by atoms with Crippen LogP contribution in [-0.4, -0.2) is 27.8 Å². The van der Waals surface area contributed by atoms with Crippen molar-refractivity contribution in [2.75, 3.05) is 0 Å². The number of rotatable bonds is 6. The molecular weight excluding hydrogens is 963 g/mol. The van der Waals surface area contributed by atoms with E-state index in [0.29, 0.717) is 5.56 Å². The minimum Gasteiger partial charge on any atom is -0.309 e. The Bertz CT molecular complexity index is 4960. The van der Waals surface area contributed by atoms with Crippen molar-refractivity contribution in [3.8, 4) is 45.6 Å². The third-order valence-electron chi connectivity index (χ3n) is 16.6. The molecule has 0 saturated heterocycles. The predicted molar refractivity (Wildman–Crippen MR) is 326 cm³/mol. The summed E-state index contributed by atoms with van der Waals surface area (Å²) in [5.74, 6) is 0. The number of nitrogens with zero attached hydrogens (tertiary/aromatic N) is 7. The summed E-state index contributed by atoms with van der Waals surface area (Å²) in [5.41, 5.74) is 17.0. The van der Waals surface area contributed by atoms with Gasteiger partial charge in [-0.2, -0.15) is 5.26 Å². The molecule has 6 aromatic heterocycles. The number of hydrogen-bond acceptors (Lipinski definition) is 2. The smallest absolute Gasteiger partial charge is 0.104 e. The molecular formula is C72H43N7. The van der Waals surface area contributed by atoms with Gasteiger partial charge in [0, 0.05) is 77.5 Å². The minimum absolute atomic E-state index is 0.529. The summed E-state index contributed by atoms with van der Waals surface area (Å²) in [5, 5.41) is 24.0. The molecule has 0 atom stereocenters. The Morgan fingerprint density at radius 3 is 0.911 bits per heavy atom. The second-order valence-corrected chi connectivity index (χ2v) is 20.5. The first-order valence-electron chi connectivity index (χ1n) is 26.8. The van der Waals surface area contributed by atoms with E-state index < -0.39 is 0 Å². The average Bonchev–Trinajstić information content (AvgIpc) is 4.35. The monoisotopic (exact) mass is 1010 g/mol. The van der Waals surface area contributed by atoms with E-state index in [0.717, 1.165) is 149 Å². The minimum atomic E-state index is 0.529. The summed E-state index contributed by atoms with van der Waals surface area (Å²) in [6.45, 7) is 0. The molecule has 17 rings (SSSR count). The summed E-state index contributed by atoms with van der Waals surface area (Å²) in [6.07, 6.45) is 3.87. The summed E-state index contributed by atoms with van der Waals surface area (Å²) >= 11 is 0. The average molecular weight is 1010 g/mol. The number of nitriles is 1. The predicted octanol–water partition coefficient (Wildman–Crippen LogP) is 18.1. The Balaban J connectivity index is 1.20. The largest absolute Gasteiger partial charge is 0.309 e. The molecule has 0 spiro atoms. The fourth-order valence-electron chi connectivity index (χ4n) is 13.5. The van der Waals surface area contributed by atoms with Gasteiger partial charge in [0.05, 0.1) is 77.9 Å². The van der Waals surface area contributed by atoms with Gasteiger partial charge in [0.2, 0.25) is 0 Å². The topological polar surface area (TPSA) is 61.3 Å². The first-order valence-corrected chi connectivity index (χ1v) is 26.8. The molecule has 7 heteroatoms. The first-order chi connectivity index (χ1) is 39.2. The lowest BCUT2D eigenvalue weighted by Gasteiger charge is -2.29. The molecule has 0 bridgehead atoms. The van der Waals surface area contributed by atoms with Gasteiger partial charge in [-0.05, 0) is 78.4 Å². The van der Waals surface area contributed by atoms with Crippen LogP contribution in [0.3, 0.4) is 0 Å². The molecule has 7 nitrogen and oxygen atoms in total. The summed E-state index contributed by atoms with van der Waals surface area (Å²) < 4.78 is 12.1. The SMILES string of the molecule is N#Cc1c(-n2c3ccccc3c3ccccc32)c(-n2c3ccccc3c3ccccc32)c(-c2cccc(-n3c4ccccc4c4cnccc43)c2)c(-n2c3ccccc3c3ccccc32)c1-n1c2ccccc2c2ccccc21. The Hall–Kier alpha value is -10.9. The van der Waals surface area contributed by atoms with Crippen molar-refractivity contribution in [3.05, 3.63) is 267 Å². The van der Waals surface area contributed by atoms with Gasteiger partial charge in [0.25, 0.3) is 0 Å². The van der Waals surface area contributed by atoms with E-state index >= 15 is 0 Å². The molecule has 0 N–H and O–H groups in total. The van der Waals surface area contributed by atoms with Crippen molar-refractivity contribution < 1.29 is 0 Å². The van der Waals surface area contributed by atoms with Crippen molar-refractivity contribution in [2.24, 2.45) is 0 Å². The van der Waals surface area contributed by atoms with Crippen LogP contribution in [-0.2, 0) is 0 Å². The number of fused-ring (bicyclic) bond motifs is 15. The van der Waals surface area contributed by atoms with Crippen LogP contribution in [0.25, 0.3) is 149 Å². The Kier molecular flexibility index (Phi) is 9.06. The lowest BCUT2D eigenvalue weighted by molar-refractivity contribution is 1.04. The molecule has 6 heterocycles. The van der Waals surface area contributed by atoms with Crippen LogP contribution in [0.4, 0.5) is 0 Å². The maximum absolute atomic E-state index is 12.9. The van der Waals surface area contributed by atoms with Crippen LogP contribution in [0, 0.1) is 11.3 Å². The van der Waals surface area contributed by atoms with Gasteiger partial charge in [-0.25, -0.2) is 0 Å². The Labute approximate surface area is 452 Å². The maximum atomic E-state index is 12.9. The highest BCUT2D eigenvalue weighted by Crippen LogP contribution is 2.52. The molecule has 0 saturated carbocycles. The van der Waals surface area contributed by atoms with Gasteiger partial charge >= 0.3 is 0 Å². The molecule has 0 aliphatic heterocycles. The third-order valence-corrected chi connectivity index (χ3v) is 16.6. The fourth-order valence-corrected chi connectivity index (χ4v) is 13.5. The lowest BCUT2D eigenvalue weighted by Crippen LogP contribution is -2.16. The second-order valence-electron chi connectivity index (χ2n) is 20.5. The van der Waals surface area contributed by atoms with Crippen LogP contribution in [0.5, 0.6) is 0 Å². The van der Waals surface area contributed by atoms with Gasteiger partial charge in [0.1, 0.15) is 11.6 Å². The zero-order valence-corrected chi connectivity index (χ0v) is 42.5. The molecule has 79 heavy (non-hydrogen) atoms. The van der Waals surface area contributed by atoms with E-state index in [9.17, 15) is 5.26 Å². The van der Waals surface area contributed by atoms with Crippen molar-refractivity contribution in [1.82, 2.24) is 27.8 Å². The number of para-hydroxylation sites is 9. The van der Waals surface area contributed by atoms with Gasteiger partial charge in [-0.15, -0.1) is 0 Å². The van der Waals surface area contributed by atoms with Gasteiger partial charge in [-0.3, -0.25) is 4.98 Å². The number of benzene rings is 11. The van der Waals surface area contributed by atoms with Gasteiger partial charge in [-0.1, -0.05) is 176 Å². The molecule has 11 aromatic carbocycles. The van der Waals surface area contributed by atoms with E-state index in [1.165, 1.54) is 0 Å². The highest BCUT2D eigenvalue weighted by Gasteiger charge is 2.35. The Morgan fingerprint density at radius 2 is 0.570 bits per heavy atom. The molecule has 0 aliphatic rings. The summed E-state index contributed by atoms with van der Waals surface area (Å²) in [7, 11) is 0. The summed E-state index contributed by atoms with van der Waals surface area (Å²) in [4.78, 5) is 4.64. The van der Waals surface area contributed by atoms with E-state index in [4.69, 9.17) is 0 Å². The second kappa shape index (κ2) is 16.5. The molecule has 0 unspecified atom stereocenters. The number of aromatic nitrogens is 6. The highest BCUT2D eigenvalue weighted by molar-refractivity contribution is 6.17. The number of pyridine rings is 1. The van der Waals surface area contributed by atoms with Crippen LogP contribution in [0.15, 0.2) is 261 Å². The standard InChI is InChI=1S/C72H43N7/c73-43-56-69(76-59-32-11-1-22-47(59)48-23-2-12-33-60(48)76)71(78-63-36-15-5-26-51(63)52-27-6-16-37-64(52)78)68(45-20-19-21-46(42-45)75-58-31-10-9-30-55(58)57-44-74-41-40-67(57)75)72(79-65-38-17-7-28-53(65)54-29-8-18-39-66(54)79)70(56)77-61-34-13-3-24-49(61)50-25-4-14-35-62(50)77/h1-42,44H. The lowest BCUT2D eigenvalue weighted by atomic mass is 9.93. The van der Waals surface area contributed by atoms with Crippen LogP contribution < -0.4 is 0 Å². The molecule has 366 valence electrons. The Morgan fingerprint density at radius 1 is 0.278 bits per heavy atom. The van der Waals surface area contributed by atoms with Crippen molar-refractivity contribution >= 4 is 109 Å². The van der Waals surface area contributed by atoms with E-state index in [1.807, 2.05) is 12.4 Å². The zero-order chi connectivity index (χ0) is 51.9. The van der Waals surface area contributed by atoms with Gasteiger partial charge in [0.15, 0.2) is 0 Å². The van der Waals surface area contributed by atoms with E-state index in [2.05, 4.69) is 283 Å². The molecule has 0 amide bonds. The molecule has 0 fully saturated rings. The molecule has 0 radical (unpaired) electrons. The van der Waals surface area contributed by atoms with E-state index in [-0.39, 0.29) is 0 Å². The van der Waals surface area contributed by atoms with E-state index in [1.54, 1.807) is 0 Å². The first kappa shape index (κ1) is 43.3. The van der Waals surface area contributed by atoms with Crippen LogP contribution in [0.1, 0.15) is 5.56 Å². The zero-order valence-electron chi connectivity index (χ0n) is 42.5. The fraction of sp³-hybridized carbons (Fsp3) is 0. The van der Waals surface area contributed by atoms with Gasteiger partial charge < -0.3 is 22.8 Å². The van der Waals surface area contributed by atoms with Crippen LogP contribution >= 0.6 is 0 Å². The maximum Gasteiger partial charge on any atom is 0.104 e. The quantitative estimate of drug-likeness (QED) is 0.167. The molecule has 17 aromatic rings. The van der Waals surface area contributed by atoms with Crippen LogP contribution in [0.2, 0.25) is 0 Å². The number of hydrogen-bond donors (Lipinski definition) is 0. The van der Waals surface area contributed by atoms with Crippen molar-refractivity contribution in [2.45, 2.75) is 0 Å². The summed E-state index contributed by atoms with van der Waals surface area (Å²) in [6, 6.07) is 92.5. The highest BCUT2D eigenvalue weighted by atomic mass is 15.1. The third kappa shape index (κ3) is 5.92. The normalized spacial score (nSPS) is 12.0.